The molecule has 0 fully saturated rings. The summed E-state index contributed by atoms with van der Waals surface area (Å²) in [6.45, 7) is -0.173. The monoisotopic (exact) mass is 433 g/mol. The van der Waals surface area contributed by atoms with E-state index in [9.17, 15) is 18.0 Å². The Hall–Kier alpha value is -3.46. The first kappa shape index (κ1) is 19.8. The molecule has 10 heteroatoms. The number of alkyl halides is 3. The number of benzene rings is 2. The van der Waals surface area contributed by atoms with E-state index >= 15 is 0 Å². The first-order valence-corrected chi connectivity index (χ1v) is 9.21. The maximum absolute atomic E-state index is 13.2. The number of nitrogens with zero attached hydrogens (tertiary/aromatic N) is 2. The summed E-state index contributed by atoms with van der Waals surface area (Å²) in [5, 5.41) is 10.1. The van der Waals surface area contributed by atoms with Crippen molar-refractivity contribution in [2.45, 2.75) is 12.7 Å². The largest absolute Gasteiger partial charge is 0.435 e. The van der Waals surface area contributed by atoms with E-state index in [1.54, 1.807) is 36.5 Å². The third-order valence-electron chi connectivity index (χ3n) is 4.37. The lowest BCUT2D eigenvalue weighted by Crippen LogP contribution is -2.29. The van der Waals surface area contributed by atoms with Gasteiger partial charge >= 0.3 is 12.2 Å². The van der Waals surface area contributed by atoms with Crippen molar-refractivity contribution < 1.29 is 18.0 Å². The number of hydrogen-bond donors (Lipinski definition) is 3. The van der Waals surface area contributed by atoms with Crippen molar-refractivity contribution in [3.05, 3.63) is 77.2 Å². The summed E-state index contributed by atoms with van der Waals surface area (Å²) in [5.41, 5.74) is 0.927. The first-order valence-electron chi connectivity index (χ1n) is 8.84. The number of anilines is 1. The normalized spacial score (nSPS) is 11.6. The maximum atomic E-state index is 13.2. The molecule has 0 bridgehead atoms. The Labute approximate surface area is 173 Å². The van der Waals surface area contributed by atoms with Crippen LogP contribution in [0.5, 0.6) is 0 Å². The fraction of sp³-hybridized carbons (Fsp3) is 0.100. The summed E-state index contributed by atoms with van der Waals surface area (Å²) in [7, 11) is 0. The zero-order chi connectivity index (χ0) is 21.3. The molecule has 2 aromatic carbocycles. The molecule has 0 aliphatic carbocycles. The van der Waals surface area contributed by atoms with Gasteiger partial charge in [0.15, 0.2) is 5.69 Å². The quantitative estimate of drug-likeness (QED) is 0.406. The second kappa shape index (κ2) is 7.75. The van der Waals surface area contributed by atoms with Crippen molar-refractivity contribution in [1.29, 1.82) is 0 Å². The Morgan fingerprint density at radius 2 is 1.97 bits per heavy atom. The highest BCUT2D eigenvalue weighted by molar-refractivity contribution is 6.30. The molecular formula is C20H15ClF3N5O. The predicted molar refractivity (Wildman–Crippen MR) is 108 cm³/mol. The lowest BCUT2D eigenvalue weighted by Gasteiger charge is -2.10. The van der Waals surface area contributed by atoms with E-state index in [-0.39, 0.29) is 12.2 Å². The van der Waals surface area contributed by atoms with Crippen LogP contribution in [0.4, 0.5) is 23.7 Å². The third-order valence-corrected chi connectivity index (χ3v) is 4.60. The number of carbonyl (C=O) groups excluding carboxylic acids is 1. The van der Waals surface area contributed by atoms with Crippen molar-refractivity contribution in [3.63, 3.8) is 0 Å². The molecule has 0 atom stereocenters. The van der Waals surface area contributed by atoms with Crippen LogP contribution in [0.15, 0.2) is 60.8 Å². The van der Waals surface area contributed by atoms with E-state index in [1.165, 1.54) is 6.07 Å². The smallest absolute Gasteiger partial charge is 0.361 e. The molecule has 2 amide bonds. The Kier molecular flexibility index (Phi) is 5.13. The van der Waals surface area contributed by atoms with Crippen LogP contribution in [-0.2, 0) is 12.7 Å². The minimum atomic E-state index is -4.62. The number of carbonyl (C=O) groups is 1. The van der Waals surface area contributed by atoms with Crippen LogP contribution < -0.4 is 10.6 Å². The van der Waals surface area contributed by atoms with E-state index in [0.29, 0.717) is 16.4 Å². The molecule has 0 saturated carbocycles. The lowest BCUT2D eigenvalue weighted by molar-refractivity contribution is -0.141. The number of urea groups is 1. The van der Waals surface area contributed by atoms with Gasteiger partial charge in [-0.2, -0.15) is 18.3 Å². The zero-order valence-electron chi connectivity index (χ0n) is 15.3. The molecule has 0 spiro atoms. The van der Waals surface area contributed by atoms with Crippen LogP contribution in [-0.4, -0.2) is 20.8 Å². The molecule has 4 rings (SSSR count). The van der Waals surface area contributed by atoms with Gasteiger partial charge in [0.05, 0.1) is 17.9 Å². The van der Waals surface area contributed by atoms with Crippen molar-refractivity contribution >= 4 is 34.2 Å². The highest BCUT2D eigenvalue weighted by Crippen LogP contribution is 2.30. The van der Waals surface area contributed by atoms with Crippen molar-refractivity contribution in [3.8, 4) is 5.69 Å². The summed E-state index contributed by atoms with van der Waals surface area (Å²) in [5.74, 6) is 0. The van der Waals surface area contributed by atoms with Crippen LogP contribution >= 0.6 is 11.6 Å². The Bertz CT molecular complexity index is 1210. The van der Waals surface area contributed by atoms with Gasteiger partial charge in [-0.3, -0.25) is 0 Å². The van der Waals surface area contributed by atoms with Crippen molar-refractivity contribution in [1.82, 2.24) is 20.1 Å². The molecule has 0 aliphatic heterocycles. The fourth-order valence-corrected chi connectivity index (χ4v) is 3.18. The van der Waals surface area contributed by atoms with Gasteiger partial charge in [0.1, 0.15) is 0 Å². The van der Waals surface area contributed by atoms with E-state index in [4.69, 9.17) is 11.6 Å². The minimum absolute atomic E-state index is 0.154. The summed E-state index contributed by atoms with van der Waals surface area (Å²) in [4.78, 5) is 15.3. The molecular weight excluding hydrogens is 419 g/mol. The van der Waals surface area contributed by atoms with Gasteiger partial charge in [0.2, 0.25) is 0 Å². The second-order valence-electron chi connectivity index (χ2n) is 6.50. The minimum Gasteiger partial charge on any atom is -0.361 e. The summed E-state index contributed by atoms with van der Waals surface area (Å²) in [6.07, 6.45) is -2.84. The van der Waals surface area contributed by atoms with Crippen molar-refractivity contribution in [2.24, 2.45) is 0 Å². The number of amides is 2. The molecule has 0 unspecified atom stereocenters. The maximum Gasteiger partial charge on any atom is 0.435 e. The standard InChI is InChI=1S/C20H15ClF3N5O/c21-13-2-1-3-15(9-13)29-16(10-18(28-29)20(22,23)24)11-26-19(30)27-14-4-5-17-12(8-14)6-7-25-17/h1-10,25H,11H2,(H2,26,27,30). The van der Waals surface area contributed by atoms with E-state index in [1.807, 2.05) is 12.1 Å². The number of H-pyrrole nitrogens is 1. The van der Waals surface area contributed by atoms with E-state index < -0.39 is 17.9 Å². The van der Waals surface area contributed by atoms with Crippen LogP contribution in [0.2, 0.25) is 5.02 Å². The molecule has 154 valence electrons. The van der Waals surface area contributed by atoms with Crippen molar-refractivity contribution in [2.75, 3.05) is 5.32 Å². The van der Waals surface area contributed by atoms with Gasteiger partial charge in [0, 0.05) is 27.8 Å². The number of fused-ring (bicyclic) bond motifs is 1. The van der Waals surface area contributed by atoms with E-state index in [2.05, 4.69) is 20.7 Å². The molecule has 2 heterocycles. The van der Waals surface area contributed by atoms with Crippen LogP contribution in [0.1, 0.15) is 11.4 Å². The van der Waals surface area contributed by atoms with Gasteiger partial charge in [0.25, 0.3) is 0 Å². The molecule has 0 saturated heterocycles. The summed E-state index contributed by atoms with van der Waals surface area (Å²) in [6, 6.07) is 13.8. The van der Waals surface area contributed by atoms with Crippen LogP contribution in [0, 0.1) is 0 Å². The van der Waals surface area contributed by atoms with E-state index in [0.717, 1.165) is 21.7 Å². The highest BCUT2D eigenvalue weighted by Gasteiger charge is 2.35. The van der Waals surface area contributed by atoms with Crippen LogP contribution in [0.3, 0.4) is 0 Å². The molecule has 0 aliphatic rings. The molecule has 3 N–H and O–H groups in total. The number of aromatic amines is 1. The first-order chi connectivity index (χ1) is 14.3. The number of rotatable bonds is 4. The van der Waals surface area contributed by atoms with Gasteiger partial charge in [-0.25, -0.2) is 9.48 Å². The Morgan fingerprint density at radius 3 is 2.73 bits per heavy atom. The number of nitrogens with one attached hydrogen (secondary N) is 3. The molecule has 4 aromatic rings. The van der Waals surface area contributed by atoms with Crippen LogP contribution in [0.25, 0.3) is 16.6 Å². The zero-order valence-corrected chi connectivity index (χ0v) is 16.1. The summed E-state index contributed by atoms with van der Waals surface area (Å²) < 4.78 is 40.6. The van der Waals surface area contributed by atoms with Gasteiger partial charge in [-0.05, 0) is 48.5 Å². The van der Waals surface area contributed by atoms with Gasteiger partial charge in [-0.15, -0.1) is 0 Å². The number of halogens is 4. The molecule has 6 nitrogen and oxygen atoms in total. The lowest BCUT2D eigenvalue weighted by atomic mass is 10.2. The van der Waals surface area contributed by atoms with Gasteiger partial charge < -0.3 is 15.6 Å². The average molecular weight is 434 g/mol. The topological polar surface area (TPSA) is 74.7 Å². The molecule has 0 radical (unpaired) electrons. The Morgan fingerprint density at radius 1 is 1.13 bits per heavy atom. The third kappa shape index (κ3) is 4.25. The summed E-state index contributed by atoms with van der Waals surface area (Å²) >= 11 is 5.95. The SMILES string of the molecule is O=C(NCc1cc(C(F)(F)F)nn1-c1cccc(Cl)c1)Nc1ccc2[nH]ccc2c1. The Balaban J connectivity index is 1.52. The number of aromatic nitrogens is 3. The average Bonchev–Trinajstić information content (AvgIpc) is 3.32. The molecule has 30 heavy (non-hydrogen) atoms. The highest BCUT2D eigenvalue weighted by atomic mass is 35.5. The second-order valence-corrected chi connectivity index (χ2v) is 6.93. The fourth-order valence-electron chi connectivity index (χ4n) is 2.99. The van der Waals surface area contributed by atoms with Gasteiger partial charge in [-0.1, -0.05) is 17.7 Å². The molecule has 2 aromatic heterocycles. The number of hydrogen-bond acceptors (Lipinski definition) is 2. The predicted octanol–water partition coefficient (Wildman–Crippen LogP) is 5.35.